The summed E-state index contributed by atoms with van der Waals surface area (Å²) in [6.45, 7) is 3.16. The van der Waals surface area contributed by atoms with Crippen molar-refractivity contribution >= 4 is 5.91 Å². The Kier molecular flexibility index (Phi) is 7.43. The van der Waals surface area contributed by atoms with Gasteiger partial charge in [0.2, 0.25) is 0 Å². The molecule has 6 heteroatoms. The first-order chi connectivity index (χ1) is 15.2. The molecule has 166 valence electrons. The predicted octanol–water partition coefficient (Wildman–Crippen LogP) is 4.07. The van der Waals surface area contributed by atoms with Crippen molar-refractivity contribution in [3.05, 3.63) is 59.7 Å². The van der Waals surface area contributed by atoms with Crippen molar-refractivity contribution in [1.29, 1.82) is 0 Å². The zero-order valence-electron chi connectivity index (χ0n) is 18.1. The zero-order chi connectivity index (χ0) is 21.5. The van der Waals surface area contributed by atoms with Crippen molar-refractivity contribution in [2.45, 2.75) is 44.4 Å². The van der Waals surface area contributed by atoms with Crippen molar-refractivity contribution in [2.24, 2.45) is 0 Å². The Morgan fingerprint density at radius 2 is 1.71 bits per heavy atom. The van der Waals surface area contributed by atoms with E-state index in [9.17, 15) is 4.79 Å². The number of nitrogens with zero attached hydrogens (tertiary/aromatic N) is 1. The summed E-state index contributed by atoms with van der Waals surface area (Å²) in [5, 5.41) is 0. The molecule has 1 amide bonds. The Morgan fingerprint density at radius 3 is 2.39 bits per heavy atom. The van der Waals surface area contributed by atoms with Crippen molar-refractivity contribution in [3.8, 4) is 11.5 Å². The van der Waals surface area contributed by atoms with Crippen molar-refractivity contribution in [1.82, 2.24) is 4.90 Å². The van der Waals surface area contributed by atoms with E-state index in [1.165, 1.54) is 0 Å². The van der Waals surface area contributed by atoms with Crippen LogP contribution < -0.4 is 9.47 Å². The number of carbonyl (C=O) groups excluding carboxylic acids is 1. The molecule has 0 spiro atoms. The summed E-state index contributed by atoms with van der Waals surface area (Å²) in [4.78, 5) is 15.2. The summed E-state index contributed by atoms with van der Waals surface area (Å²) in [6, 6.07) is 15.2. The second kappa shape index (κ2) is 10.6. The summed E-state index contributed by atoms with van der Waals surface area (Å²) in [5.41, 5.74) is 1.62. The molecule has 2 fully saturated rings. The first-order valence-corrected chi connectivity index (χ1v) is 11.1. The highest BCUT2D eigenvalue weighted by molar-refractivity contribution is 5.94. The molecule has 6 nitrogen and oxygen atoms in total. The molecule has 2 atom stereocenters. The molecule has 2 aromatic rings. The van der Waals surface area contributed by atoms with Gasteiger partial charge in [-0.3, -0.25) is 4.79 Å². The number of para-hydroxylation sites is 1. The van der Waals surface area contributed by atoms with E-state index in [0.717, 1.165) is 56.0 Å². The van der Waals surface area contributed by atoms with E-state index < -0.39 is 0 Å². The van der Waals surface area contributed by atoms with Gasteiger partial charge in [0.05, 0.1) is 19.3 Å². The molecule has 2 aliphatic heterocycles. The van der Waals surface area contributed by atoms with Gasteiger partial charge in [0.1, 0.15) is 18.1 Å². The molecule has 31 heavy (non-hydrogen) atoms. The lowest BCUT2D eigenvalue weighted by molar-refractivity contribution is 0.0505. The van der Waals surface area contributed by atoms with Crippen LogP contribution in [0.4, 0.5) is 0 Å². The maximum absolute atomic E-state index is 13.4. The van der Waals surface area contributed by atoms with Crippen LogP contribution in [-0.2, 0) is 16.0 Å². The van der Waals surface area contributed by atoms with Crippen LogP contribution in [0.1, 0.15) is 41.6 Å². The lowest BCUT2D eigenvalue weighted by atomic mass is 10.1. The number of hydrogen-bond donors (Lipinski definition) is 0. The van der Waals surface area contributed by atoms with Gasteiger partial charge in [0, 0.05) is 37.4 Å². The largest absolute Gasteiger partial charge is 0.496 e. The fourth-order valence-corrected chi connectivity index (χ4v) is 4.13. The van der Waals surface area contributed by atoms with Gasteiger partial charge in [0.15, 0.2) is 0 Å². The Balaban J connectivity index is 1.45. The van der Waals surface area contributed by atoms with Crippen molar-refractivity contribution in [2.75, 3.05) is 33.5 Å². The lowest BCUT2D eigenvalue weighted by Crippen LogP contribution is -2.37. The molecule has 0 radical (unpaired) electrons. The van der Waals surface area contributed by atoms with Gasteiger partial charge in [-0.25, -0.2) is 0 Å². The smallest absolute Gasteiger partial charge is 0.254 e. The minimum atomic E-state index is -0.0212. The van der Waals surface area contributed by atoms with E-state index in [-0.39, 0.29) is 18.1 Å². The van der Waals surface area contributed by atoms with E-state index >= 15 is 0 Å². The second-order valence-electron chi connectivity index (χ2n) is 8.10. The Morgan fingerprint density at radius 1 is 1.00 bits per heavy atom. The first-order valence-electron chi connectivity index (χ1n) is 11.1. The summed E-state index contributed by atoms with van der Waals surface area (Å²) in [5.74, 6) is 1.51. The minimum absolute atomic E-state index is 0.0212. The molecule has 0 saturated carbocycles. The Labute approximate surface area is 184 Å². The average Bonchev–Trinajstić information content (AvgIpc) is 3.52. The number of rotatable bonds is 9. The predicted molar refractivity (Wildman–Crippen MR) is 118 cm³/mol. The van der Waals surface area contributed by atoms with Crippen LogP contribution >= 0.6 is 0 Å². The summed E-state index contributed by atoms with van der Waals surface area (Å²) < 4.78 is 22.7. The topological polar surface area (TPSA) is 57.2 Å². The molecule has 0 bridgehead atoms. The molecule has 0 aliphatic carbocycles. The monoisotopic (exact) mass is 425 g/mol. The molecular formula is C25H31NO5. The average molecular weight is 426 g/mol. The number of methoxy groups -OCH3 is 1. The third-order valence-electron chi connectivity index (χ3n) is 5.85. The standard InChI is InChI=1S/C25H31NO5/c1-28-24-9-3-2-6-20(24)16-26(17-22-7-4-14-29-22)25(27)19-10-12-21(13-11-19)31-18-23-8-5-15-30-23/h2-3,6,9-13,22-23H,4-5,7-8,14-18H2,1H3. The molecule has 2 unspecified atom stereocenters. The quantitative estimate of drug-likeness (QED) is 0.606. The number of hydrogen-bond acceptors (Lipinski definition) is 5. The number of ether oxygens (including phenoxy) is 4. The number of benzene rings is 2. The van der Waals surface area contributed by atoms with E-state index in [4.69, 9.17) is 18.9 Å². The van der Waals surface area contributed by atoms with Crippen LogP contribution in [0, 0.1) is 0 Å². The van der Waals surface area contributed by atoms with Gasteiger partial charge in [-0.05, 0) is 56.0 Å². The van der Waals surface area contributed by atoms with Gasteiger partial charge >= 0.3 is 0 Å². The number of carbonyl (C=O) groups is 1. The highest BCUT2D eigenvalue weighted by Gasteiger charge is 2.24. The van der Waals surface area contributed by atoms with Gasteiger partial charge in [-0.2, -0.15) is 0 Å². The molecule has 0 aromatic heterocycles. The summed E-state index contributed by atoms with van der Waals surface area (Å²) >= 11 is 0. The fraction of sp³-hybridized carbons (Fsp3) is 0.480. The van der Waals surface area contributed by atoms with Crippen LogP contribution in [0.25, 0.3) is 0 Å². The van der Waals surface area contributed by atoms with Crippen molar-refractivity contribution in [3.63, 3.8) is 0 Å². The summed E-state index contributed by atoms with van der Waals surface area (Å²) in [7, 11) is 1.65. The molecule has 2 aliphatic rings. The number of amides is 1. The fourth-order valence-electron chi connectivity index (χ4n) is 4.13. The zero-order valence-corrected chi connectivity index (χ0v) is 18.1. The van der Waals surface area contributed by atoms with E-state index in [1.54, 1.807) is 7.11 Å². The van der Waals surface area contributed by atoms with Crippen LogP contribution in [0.2, 0.25) is 0 Å². The SMILES string of the molecule is COc1ccccc1CN(CC1CCCO1)C(=O)c1ccc(OCC2CCCO2)cc1. The highest BCUT2D eigenvalue weighted by Crippen LogP contribution is 2.23. The third kappa shape index (κ3) is 5.77. The van der Waals surface area contributed by atoms with Crippen LogP contribution in [-0.4, -0.2) is 56.5 Å². The Hall–Kier alpha value is -2.57. The van der Waals surface area contributed by atoms with Gasteiger partial charge < -0.3 is 23.8 Å². The van der Waals surface area contributed by atoms with Crippen LogP contribution in [0.15, 0.2) is 48.5 Å². The molecule has 4 rings (SSSR count). The molecule has 2 heterocycles. The maximum Gasteiger partial charge on any atom is 0.254 e. The molecule has 0 N–H and O–H groups in total. The van der Waals surface area contributed by atoms with Crippen molar-refractivity contribution < 1.29 is 23.7 Å². The van der Waals surface area contributed by atoms with Gasteiger partial charge in [-0.1, -0.05) is 18.2 Å². The Bertz CT molecular complexity index is 841. The second-order valence-corrected chi connectivity index (χ2v) is 8.10. The summed E-state index contributed by atoms with van der Waals surface area (Å²) in [6.07, 6.45) is 4.40. The van der Waals surface area contributed by atoms with E-state index in [1.807, 2.05) is 53.4 Å². The lowest BCUT2D eigenvalue weighted by Gasteiger charge is -2.26. The maximum atomic E-state index is 13.4. The van der Waals surface area contributed by atoms with E-state index in [2.05, 4.69) is 0 Å². The first kappa shape index (κ1) is 21.7. The van der Waals surface area contributed by atoms with Crippen LogP contribution in [0.5, 0.6) is 11.5 Å². The van der Waals surface area contributed by atoms with Gasteiger partial charge in [0.25, 0.3) is 5.91 Å². The third-order valence-corrected chi connectivity index (χ3v) is 5.85. The van der Waals surface area contributed by atoms with Gasteiger partial charge in [-0.15, -0.1) is 0 Å². The molecule has 2 saturated heterocycles. The minimum Gasteiger partial charge on any atom is -0.496 e. The normalized spacial score (nSPS) is 20.5. The molecule has 2 aromatic carbocycles. The molecular weight excluding hydrogens is 394 g/mol. The highest BCUT2D eigenvalue weighted by atomic mass is 16.5. The van der Waals surface area contributed by atoms with E-state index in [0.29, 0.717) is 25.3 Å². The van der Waals surface area contributed by atoms with Crippen LogP contribution in [0.3, 0.4) is 0 Å².